The van der Waals surface area contributed by atoms with Crippen LogP contribution in [0.1, 0.15) is 20.7 Å². The zero-order valence-corrected chi connectivity index (χ0v) is 9.93. The van der Waals surface area contributed by atoms with Crippen LogP contribution in [0.2, 0.25) is 0 Å². The lowest BCUT2D eigenvalue weighted by Crippen LogP contribution is -2.24. The van der Waals surface area contributed by atoms with Crippen molar-refractivity contribution in [2.75, 3.05) is 21.3 Å². The second kappa shape index (κ2) is 6.12. The van der Waals surface area contributed by atoms with Crippen molar-refractivity contribution in [1.82, 2.24) is 0 Å². The predicted molar refractivity (Wildman–Crippen MR) is 59.9 cm³/mol. The van der Waals surface area contributed by atoms with Gasteiger partial charge in [-0.25, -0.2) is 4.79 Å². The Morgan fingerprint density at radius 2 is 1.41 bits per heavy atom. The van der Waals surface area contributed by atoms with E-state index in [1.165, 1.54) is 45.6 Å². The van der Waals surface area contributed by atoms with Crippen molar-refractivity contribution >= 4 is 11.8 Å². The van der Waals surface area contributed by atoms with Crippen LogP contribution in [0.3, 0.4) is 0 Å². The minimum absolute atomic E-state index is 0.300. The first-order valence-corrected chi connectivity index (χ1v) is 4.92. The zero-order chi connectivity index (χ0) is 12.8. The molecule has 17 heavy (non-hydrogen) atoms. The first-order chi connectivity index (χ1) is 8.13. The molecule has 0 fully saturated rings. The molecule has 0 amide bonds. The standard InChI is InChI=1S/C12H14O5/c1-15-11(14)9-6-4-8(5-7-9)10(13)12(16-2)17-3/h4-7,12H,1-3H3. The van der Waals surface area contributed by atoms with Crippen LogP contribution in [0.15, 0.2) is 24.3 Å². The van der Waals surface area contributed by atoms with E-state index in [9.17, 15) is 9.59 Å². The Labute approximate surface area is 99.3 Å². The molecule has 1 aromatic rings. The van der Waals surface area contributed by atoms with Gasteiger partial charge in [-0.2, -0.15) is 0 Å². The number of hydrogen-bond acceptors (Lipinski definition) is 5. The Balaban J connectivity index is 2.87. The summed E-state index contributed by atoms with van der Waals surface area (Å²) >= 11 is 0. The number of methoxy groups -OCH3 is 3. The van der Waals surface area contributed by atoms with Crippen molar-refractivity contribution in [2.45, 2.75) is 6.29 Å². The van der Waals surface area contributed by atoms with Crippen LogP contribution >= 0.6 is 0 Å². The summed E-state index contributed by atoms with van der Waals surface area (Å²) in [6.07, 6.45) is -0.932. The van der Waals surface area contributed by atoms with Crippen LogP contribution in [0.5, 0.6) is 0 Å². The predicted octanol–water partition coefficient (Wildman–Crippen LogP) is 1.27. The van der Waals surface area contributed by atoms with E-state index in [1.807, 2.05) is 0 Å². The van der Waals surface area contributed by atoms with Crippen molar-refractivity contribution in [1.29, 1.82) is 0 Å². The molecular weight excluding hydrogens is 224 g/mol. The van der Waals surface area contributed by atoms with Gasteiger partial charge < -0.3 is 14.2 Å². The molecule has 5 nitrogen and oxygen atoms in total. The highest BCUT2D eigenvalue weighted by Gasteiger charge is 2.19. The first-order valence-electron chi connectivity index (χ1n) is 4.92. The van der Waals surface area contributed by atoms with Gasteiger partial charge >= 0.3 is 5.97 Å². The number of carbonyl (C=O) groups excluding carboxylic acids is 2. The second-order valence-electron chi connectivity index (χ2n) is 3.24. The van der Waals surface area contributed by atoms with Gasteiger partial charge in [-0.3, -0.25) is 4.79 Å². The lowest BCUT2D eigenvalue weighted by Gasteiger charge is -2.11. The Morgan fingerprint density at radius 3 is 1.82 bits per heavy atom. The van der Waals surface area contributed by atoms with Crippen LogP contribution in [0, 0.1) is 0 Å². The van der Waals surface area contributed by atoms with Crippen LogP contribution in [0.25, 0.3) is 0 Å². The number of esters is 1. The molecule has 92 valence electrons. The maximum Gasteiger partial charge on any atom is 0.337 e. The highest BCUT2D eigenvalue weighted by Crippen LogP contribution is 2.09. The Hall–Kier alpha value is -1.72. The normalized spacial score (nSPS) is 10.4. The van der Waals surface area contributed by atoms with Crippen LogP contribution in [-0.2, 0) is 14.2 Å². The third-order valence-electron chi connectivity index (χ3n) is 2.23. The second-order valence-corrected chi connectivity index (χ2v) is 3.24. The number of Topliss-reactive ketones (excluding diaryl/α,β-unsaturated/α-hetero) is 1. The van der Waals surface area contributed by atoms with E-state index in [2.05, 4.69) is 4.74 Å². The molecule has 0 radical (unpaired) electrons. The monoisotopic (exact) mass is 238 g/mol. The highest BCUT2D eigenvalue weighted by molar-refractivity contribution is 5.99. The van der Waals surface area contributed by atoms with E-state index in [0.717, 1.165) is 0 Å². The van der Waals surface area contributed by atoms with Crippen molar-refractivity contribution in [3.8, 4) is 0 Å². The van der Waals surface area contributed by atoms with Gasteiger partial charge in [0.25, 0.3) is 0 Å². The first kappa shape index (κ1) is 13.3. The molecule has 0 saturated heterocycles. The molecule has 0 aliphatic rings. The Bertz CT molecular complexity index is 392. The van der Waals surface area contributed by atoms with Crippen molar-refractivity contribution in [3.63, 3.8) is 0 Å². The highest BCUT2D eigenvalue weighted by atomic mass is 16.7. The molecule has 0 aliphatic heterocycles. The van der Waals surface area contributed by atoms with Gasteiger partial charge in [0.1, 0.15) is 0 Å². The van der Waals surface area contributed by atoms with E-state index < -0.39 is 12.3 Å². The quantitative estimate of drug-likeness (QED) is 0.439. The maximum atomic E-state index is 11.8. The molecule has 0 heterocycles. The lowest BCUT2D eigenvalue weighted by atomic mass is 10.1. The number of carbonyl (C=O) groups is 2. The molecule has 0 aromatic heterocycles. The summed E-state index contributed by atoms with van der Waals surface area (Å²) < 4.78 is 14.3. The van der Waals surface area contributed by atoms with E-state index in [1.54, 1.807) is 0 Å². The largest absolute Gasteiger partial charge is 0.465 e. The molecule has 0 saturated carbocycles. The summed E-state index contributed by atoms with van der Waals surface area (Å²) in [4.78, 5) is 23.0. The molecule has 0 N–H and O–H groups in total. The van der Waals surface area contributed by atoms with Crippen LogP contribution < -0.4 is 0 Å². The van der Waals surface area contributed by atoms with Crippen LogP contribution in [0.4, 0.5) is 0 Å². The third-order valence-corrected chi connectivity index (χ3v) is 2.23. The topological polar surface area (TPSA) is 61.8 Å². The fraction of sp³-hybridized carbons (Fsp3) is 0.333. The lowest BCUT2D eigenvalue weighted by molar-refractivity contribution is -0.0742. The van der Waals surface area contributed by atoms with Crippen molar-refractivity contribution in [3.05, 3.63) is 35.4 Å². The molecule has 1 aromatic carbocycles. The van der Waals surface area contributed by atoms with Crippen LogP contribution in [-0.4, -0.2) is 39.4 Å². The van der Waals surface area contributed by atoms with Gasteiger partial charge in [0, 0.05) is 19.8 Å². The van der Waals surface area contributed by atoms with Gasteiger partial charge in [0.05, 0.1) is 12.7 Å². The van der Waals surface area contributed by atoms with Gasteiger partial charge in [0.2, 0.25) is 12.1 Å². The minimum atomic E-state index is -0.932. The summed E-state index contributed by atoms with van der Waals surface area (Å²) in [6.45, 7) is 0. The number of hydrogen-bond donors (Lipinski definition) is 0. The van der Waals surface area contributed by atoms with Gasteiger partial charge in [-0.15, -0.1) is 0 Å². The Morgan fingerprint density at radius 1 is 0.941 bits per heavy atom. The SMILES string of the molecule is COC(=O)c1ccc(C(=O)C(OC)OC)cc1. The van der Waals surface area contributed by atoms with Gasteiger partial charge in [-0.05, 0) is 12.1 Å². The average molecular weight is 238 g/mol. The third kappa shape index (κ3) is 3.12. The molecule has 0 atom stereocenters. The number of benzene rings is 1. The molecule has 0 unspecified atom stereocenters. The van der Waals surface area contributed by atoms with E-state index in [-0.39, 0.29) is 5.78 Å². The summed E-state index contributed by atoms with van der Waals surface area (Å²) in [5.41, 5.74) is 0.793. The van der Waals surface area contributed by atoms with Gasteiger partial charge in [0.15, 0.2) is 0 Å². The smallest absolute Gasteiger partial charge is 0.337 e. The van der Waals surface area contributed by atoms with E-state index in [0.29, 0.717) is 11.1 Å². The van der Waals surface area contributed by atoms with Crippen molar-refractivity contribution < 1.29 is 23.8 Å². The van der Waals surface area contributed by atoms with E-state index >= 15 is 0 Å². The van der Waals surface area contributed by atoms with Gasteiger partial charge in [-0.1, -0.05) is 12.1 Å². The molecular formula is C12H14O5. The number of ketones is 1. The summed E-state index contributed by atoms with van der Waals surface area (Å²) in [7, 11) is 4.07. The molecule has 0 aliphatic carbocycles. The molecule has 0 bridgehead atoms. The zero-order valence-electron chi connectivity index (χ0n) is 9.93. The summed E-state index contributed by atoms with van der Waals surface area (Å²) in [5.74, 6) is -0.745. The maximum absolute atomic E-state index is 11.8. The molecule has 1 rings (SSSR count). The summed E-state index contributed by atoms with van der Waals surface area (Å²) in [6, 6.07) is 6.09. The Kier molecular flexibility index (Phi) is 4.81. The number of ether oxygens (including phenoxy) is 3. The minimum Gasteiger partial charge on any atom is -0.465 e. The molecule has 5 heteroatoms. The fourth-order valence-electron chi connectivity index (χ4n) is 1.33. The fourth-order valence-corrected chi connectivity index (χ4v) is 1.33. The number of rotatable bonds is 5. The van der Waals surface area contributed by atoms with E-state index in [4.69, 9.17) is 9.47 Å². The molecule has 0 spiro atoms. The average Bonchev–Trinajstić information content (AvgIpc) is 2.39. The van der Waals surface area contributed by atoms with Crippen molar-refractivity contribution in [2.24, 2.45) is 0 Å². The summed E-state index contributed by atoms with van der Waals surface area (Å²) in [5, 5.41) is 0.